The van der Waals surface area contributed by atoms with Gasteiger partial charge in [0.2, 0.25) is 0 Å². The van der Waals surface area contributed by atoms with Crippen LogP contribution in [0.2, 0.25) is 0 Å². The van der Waals surface area contributed by atoms with E-state index in [9.17, 15) is 9.90 Å². The van der Waals surface area contributed by atoms with Crippen molar-refractivity contribution in [1.29, 1.82) is 0 Å². The van der Waals surface area contributed by atoms with Crippen molar-refractivity contribution in [3.05, 3.63) is 12.2 Å². The van der Waals surface area contributed by atoms with Crippen molar-refractivity contribution in [2.75, 3.05) is 19.8 Å². The summed E-state index contributed by atoms with van der Waals surface area (Å²) in [5.74, 6) is -0.199. The third-order valence-electron chi connectivity index (χ3n) is 9.09. The van der Waals surface area contributed by atoms with E-state index in [0.717, 1.165) is 19.3 Å². The minimum Gasteiger partial charge on any atom is -0.457 e. The molecule has 0 aliphatic heterocycles. The first-order chi connectivity index (χ1) is 22.2. The van der Waals surface area contributed by atoms with Crippen LogP contribution in [-0.4, -0.2) is 37.0 Å². The van der Waals surface area contributed by atoms with E-state index in [4.69, 9.17) is 9.47 Å². The second-order valence-corrected chi connectivity index (χ2v) is 13.7. The summed E-state index contributed by atoms with van der Waals surface area (Å²) < 4.78 is 11.1. The molecule has 0 saturated heterocycles. The van der Waals surface area contributed by atoms with Crippen LogP contribution in [0.15, 0.2) is 12.2 Å². The van der Waals surface area contributed by atoms with Gasteiger partial charge >= 0.3 is 5.97 Å². The van der Waals surface area contributed by atoms with Gasteiger partial charge in [0.25, 0.3) is 0 Å². The lowest BCUT2D eigenvalue weighted by atomic mass is 10.0. The molecule has 0 saturated carbocycles. The third kappa shape index (κ3) is 37.5. The number of aliphatic hydroxyl groups is 1. The Morgan fingerprint density at radius 1 is 0.511 bits per heavy atom. The minimum absolute atomic E-state index is 0.166. The lowest BCUT2D eigenvalue weighted by Gasteiger charge is -2.16. The maximum atomic E-state index is 12.1. The summed E-state index contributed by atoms with van der Waals surface area (Å²) >= 11 is 0. The van der Waals surface area contributed by atoms with Crippen LogP contribution in [0.5, 0.6) is 0 Å². The van der Waals surface area contributed by atoms with Gasteiger partial charge in [-0.15, -0.1) is 0 Å². The van der Waals surface area contributed by atoms with E-state index < -0.39 is 6.10 Å². The van der Waals surface area contributed by atoms with Gasteiger partial charge in [0.05, 0.1) is 13.2 Å². The maximum absolute atomic E-state index is 12.1. The zero-order valence-corrected chi connectivity index (χ0v) is 30.7. The van der Waals surface area contributed by atoms with E-state index in [-0.39, 0.29) is 12.6 Å². The second kappa shape index (κ2) is 39.3. The van der Waals surface area contributed by atoms with Crippen molar-refractivity contribution in [3.8, 4) is 0 Å². The monoisotopic (exact) mass is 637 g/mol. The highest BCUT2D eigenvalue weighted by Crippen LogP contribution is 2.15. The lowest BCUT2D eigenvalue weighted by Crippen LogP contribution is -2.27. The number of hydrogen-bond acceptors (Lipinski definition) is 4. The fourth-order valence-electron chi connectivity index (χ4n) is 6.03. The number of ether oxygens (including phenoxy) is 2. The van der Waals surface area contributed by atoms with Gasteiger partial charge in [-0.3, -0.25) is 4.79 Å². The average Bonchev–Trinajstić information content (AvgIpc) is 3.05. The van der Waals surface area contributed by atoms with Gasteiger partial charge in [-0.1, -0.05) is 187 Å². The molecular formula is C41H80O4. The zero-order chi connectivity index (χ0) is 32.7. The van der Waals surface area contributed by atoms with Gasteiger partial charge in [-0.05, 0) is 38.5 Å². The van der Waals surface area contributed by atoms with Crippen LogP contribution in [0.25, 0.3) is 0 Å². The first-order valence-electron chi connectivity index (χ1n) is 20.3. The molecule has 0 aliphatic rings. The number of allylic oxidation sites excluding steroid dienone is 2. The van der Waals surface area contributed by atoms with Crippen molar-refractivity contribution in [2.45, 2.75) is 225 Å². The standard InChI is InChI=1S/C41H80O4/c1-3-5-7-9-11-13-14-15-16-17-18-19-20-21-22-23-24-25-26-27-28-29-30-32-34-36-41(43)45-40(38-42)39-44-37-35-33-31-12-10-8-6-4-2/h17-18,40,42H,3-16,19-39H2,1-2H3/b18-17-. The predicted molar refractivity (Wildman–Crippen MR) is 196 cm³/mol. The Labute approximate surface area is 282 Å². The molecule has 0 radical (unpaired) electrons. The smallest absolute Gasteiger partial charge is 0.306 e. The first kappa shape index (κ1) is 44.1. The van der Waals surface area contributed by atoms with Gasteiger partial charge < -0.3 is 14.6 Å². The molecule has 1 N–H and O–H groups in total. The van der Waals surface area contributed by atoms with E-state index in [1.807, 2.05) is 0 Å². The van der Waals surface area contributed by atoms with Gasteiger partial charge in [0.1, 0.15) is 6.10 Å². The van der Waals surface area contributed by atoms with E-state index in [1.54, 1.807) is 0 Å². The van der Waals surface area contributed by atoms with Gasteiger partial charge in [-0.25, -0.2) is 0 Å². The fraction of sp³-hybridized carbons (Fsp3) is 0.927. The Morgan fingerprint density at radius 2 is 0.867 bits per heavy atom. The molecule has 0 aromatic rings. The van der Waals surface area contributed by atoms with Crippen molar-refractivity contribution in [3.63, 3.8) is 0 Å². The summed E-state index contributed by atoms with van der Waals surface area (Å²) in [4.78, 5) is 12.1. The molecule has 0 rings (SSSR count). The fourth-order valence-corrected chi connectivity index (χ4v) is 6.03. The summed E-state index contributed by atoms with van der Waals surface area (Å²) in [5.41, 5.74) is 0. The van der Waals surface area contributed by atoms with Crippen molar-refractivity contribution < 1.29 is 19.4 Å². The molecule has 1 unspecified atom stereocenters. The molecule has 4 nitrogen and oxygen atoms in total. The van der Waals surface area contributed by atoms with E-state index in [1.165, 1.54) is 180 Å². The number of hydrogen-bond donors (Lipinski definition) is 1. The Bertz CT molecular complexity index is 590. The Balaban J connectivity index is 3.34. The quantitative estimate of drug-likeness (QED) is 0.0416. The highest BCUT2D eigenvalue weighted by atomic mass is 16.6. The van der Waals surface area contributed by atoms with E-state index in [2.05, 4.69) is 26.0 Å². The molecule has 0 aliphatic carbocycles. The normalized spacial score (nSPS) is 12.3. The zero-order valence-electron chi connectivity index (χ0n) is 30.7. The number of rotatable bonds is 38. The van der Waals surface area contributed by atoms with Crippen LogP contribution in [-0.2, 0) is 14.3 Å². The Kier molecular flexibility index (Phi) is 38.5. The van der Waals surface area contributed by atoms with E-state index >= 15 is 0 Å². The molecule has 268 valence electrons. The van der Waals surface area contributed by atoms with Crippen molar-refractivity contribution in [2.24, 2.45) is 0 Å². The molecule has 0 spiro atoms. The Hall–Kier alpha value is -0.870. The molecule has 0 aromatic carbocycles. The highest BCUT2D eigenvalue weighted by Gasteiger charge is 2.13. The van der Waals surface area contributed by atoms with Gasteiger partial charge in [0.15, 0.2) is 0 Å². The minimum atomic E-state index is -0.525. The van der Waals surface area contributed by atoms with Gasteiger partial charge in [-0.2, -0.15) is 0 Å². The summed E-state index contributed by atoms with van der Waals surface area (Å²) in [6.07, 6.45) is 45.6. The number of carbonyl (C=O) groups excluding carboxylic acids is 1. The Morgan fingerprint density at radius 3 is 1.27 bits per heavy atom. The maximum Gasteiger partial charge on any atom is 0.306 e. The van der Waals surface area contributed by atoms with Crippen molar-refractivity contribution in [1.82, 2.24) is 0 Å². The summed E-state index contributed by atoms with van der Waals surface area (Å²) in [6, 6.07) is 0. The predicted octanol–water partition coefficient (Wildman–Crippen LogP) is 13.0. The van der Waals surface area contributed by atoms with Crippen LogP contribution in [0.1, 0.15) is 219 Å². The van der Waals surface area contributed by atoms with Crippen LogP contribution in [0, 0.1) is 0 Å². The SMILES string of the molecule is CCCCCCCCCC/C=C\CCCCCCCCCCCCCCCC(=O)OC(CO)COCCCCCCCCCC. The summed E-state index contributed by atoms with van der Waals surface area (Å²) in [5, 5.41) is 9.52. The average molecular weight is 637 g/mol. The largest absolute Gasteiger partial charge is 0.457 e. The molecule has 45 heavy (non-hydrogen) atoms. The van der Waals surface area contributed by atoms with Crippen LogP contribution < -0.4 is 0 Å². The molecule has 0 fully saturated rings. The number of esters is 1. The second-order valence-electron chi connectivity index (χ2n) is 13.7. The van der Waals surface area contributed by atoms with Crippen LogP contribution >= 0.6 is 0 Å². The molecule has 0 heterocycles. The third-order valence-corrected chi connectivity index (χ3v) is 9.09. The lowest BCUT2D eigenvalue weighted by molar-refractivity contribution is -0.154. The topological polar surface area (TPSA) is 55.8 Å². The summed E-state index contributed by atoms with van der Waals surface area (Å²) in [6.45, 7) is 5.35. The molecule has 0 bridgehead atoms. The van der Waals surface area contributed by atoms with Crippen LogP contribution in [0.3, 0.4) is 0 Å². The number of carbonyl (C=O) groups is 1. The molecule has 1 atom stereocenters. The molecule has 0 amide bonds. The molecule has 0 aromatic heterocycles. The van der Waals surface area contributed by atoms with Crippen LogP contribution in [0.4, 0.5) is 0 Å². The van der Waals surface area contributed by atoms with Crippen molar-refractivity contribution >= 4 is 5.97 Å². The number of unbranched alkanes of at least 4 members (excludes halogenated alkanes) is 28. The highest BCUT2D eigenvalue weighted by molar-refractivity contribution is 5.69. The van der Waals surface area contributed by atoms with E-state index in [0.29, 0.717) is 19.6 Å². The molecular weight excluding hydrogens is 556 g/mol. The molecule has 4 heteroatoms. The van der Waals surface area contributed by atoms with Gasteiger partial charge in [0, 0.05) is 13.0 Å². The first-order valence-corrected chi connectivity index (χ1v) is 20.3. The number of aliphatic hydroxyl groups excluding tert-OH is 1. The summed E-state index contributed by atoms with van der Waals surface area (Å²) in [7, 11) is 0.